The molecule has 0 bridgehead atoms. The average molecular weight is 401 g/mol. The van der Waals surface area contributed by atoms with E-state index in [2.05, 4.69) is 36.6 Å². The van der Waals surface area contributed by atoms with E-state index < -0.39 is 11.4 Å². The molecular formula is C12H19Br2NO4. The standard InChI is InChI=1S/C8H11NO3.C4H8Br2O/c1-11-7(10)8(6-9)2-4-12-5-3-8;5-1-3-7-4-2-6/h2-5H2,1H3;1-4H2. The Bertz CT molecular complexity index is 284. The molecule has 0 atom stereocenters. The fourth-order valence-electron chi connectivity index (χ4n) is 1.49. The quantitative estimate of drug-likeness (QED) is 0.402. The zero-order chi connectivity index (χ0) is 14.6. The normalized spacial score (nSPS) is 16.7. The summed E-state index contributed by atoms with van der Waals surface area (Å²) in [6.45, 7) is 2.54. The van der Waals surface area contributed by atoms with Gasteiger partial charge in [-0.25, -0.2) is 0 Å². The Labute approximate surface area is 130 Å². The lowest BCUT2D eigenvalue weighted by molar-refractivity contribution is -0.153. The van der Waals surface area contributed by atoms with Crippen LogP contribution in [-0.2, 0) is 19.0 Å². The third-order valence-corrected chi connectivity index (χ3v) is 3.23. The zero-order valence-electron chi connectivity index (χ0n) is 11.0. The molecule has 1 rings (SSSR count). The first kappa shape index (κ1) is 18.8. The van der Waals surface area contributed by atoms with Gasteiger partial charge in [-0.2, -0.15) is 5.26 Å². The molecule has 0 amide bonds. The van der Waals surface area contributed by atoms with Crippen LogP contribution in [0.2, 0.25) is 0 Å². The summed E-state index contributed by atoms with van der Waals surface area (Å²) in [6.07, 6.45) is 0.881. The Hall–Kier alpha value is -0.160. The van der Waals surface area contributed by atoms with Crippen molar-refractivity contribution in [3.8, 4) is 6.07 Å². The zero-order valence-corrected chi connectivity index (χ0v) is 14.2. The fourth-order valence-corrected chi connectivity index (χ4v) is 1.95. The Morgan fingerprint density at radius 3 is 2.21 bits per heavy atom. The number of ether oxygens (including phenoxy) is 3. The van der Waals surface area contributed by atoms with E-state index in [0.717, 1.165) is 23.9 Å². The van der Waals surface area contributed by atoms with E-state index in [1.54, 1.807) is 0 Å². The molecule has 0 spiro atoms. The smallest absolute Gasteiger partial charge is 0.326 e. The molecule has 1 aliphatic rings. The highest BCUT2D eigenvalue weighted by Crippen LogP contribution is 2.30. The van der Waals surface area contributed by atoms with Crippen LogP contribution < -0.4 is 0 Å². The van der Waals surface area contributed by atoms with Gasteiger partial charge in [0.25, 0.3) is 0 Å². The van der Waals surface area contributed by atoms with Crippen molar-refractivity contribution in [2.24, 2.45) is 5.41 Å². The molecule has 5 nitrogen and oxygen atoms in total. The number of nitrogens with zero attached hydrogens (tertiary/aromatic N) is 1. The van der Waals surface area contributed by atoms with Gasteiger partial charge < -0.3 is 14.2 Å². The summed E-state index contributed by atoms with van der Waals surface area (Å²) in [6, 6.07) is 2.01. The van der Waals surface area contributed by atoms with Crippen LogP contribution in [0.3, 0.4) is 0 Å². The van der Waals surface area contributed by atoms with Gasteiger partial charge in [-0.3, -0.25) is 4.79 Å². The Kier molecular flexibility index (Phi) is 11.6. The second kappa shape index (κ2) is 11.6. The van der Waals surface area contributed by atoms with Gasteiger partial charge in [0.1, 0.15) is 0 Å². The molecule has 0 aliphatic carbocycles. The lowest BCUT2D eigenvalue weighted by Gasteiger charge is -2.27. The number of alkyl halides is 2. The van der Waals surface area contributed by atoms with E-state index in [0.29, 0.717) is 26.1 Å². The Balaban J connectivity index is 0.000000399. The summed E-state index contributed by atoms with van der Waals surface area (Å²) in [4.78, 5) is 11.2. The SMILES string of the molecule is BrCCOCCBr.COC(=O)C1(C#N)CCOCC1. The molecule has 0 saturated carbocycles. The fraction of sp³-hybridized carbons (Fsp3) is 0.833. The molecule has 0 aromatic rings. The van der Waals surface area contributed by atoms with Crippen molar-refractivity contribution in [1.82, 2.24) is 0 Å². The van der Waals surface area contributed by atoms with E-state index >= 15 is 0 Å². The summed E-state index contributed by atoms with van der Waals surface area (Å²) < 4.78 is 14.7. The molecule has 1 fully saturated rings. The molecule has 0 N–H and O–H groups in total. The largest absolute Gasteiger partial charge is 0.468 e. The van der Waals surface area contributed by atoms with Gasteiger partial charge >= 0.3 is 5.97 Å². The molecule has 110 valence electrons. The van der Waals surface area contributed by atoms with Crippen molar-refractivity contribution < 1.29 is 19.0 Å². The number of methoxy groups -OCH3 is 1. The van der Waals surface area contributed by atoms with E-state index in [1.165, 1.54) is 7.11 Å². The van der Waals surface area contributed by atoms with Gasteiger partial charge in [-0.05, 0) is 0 Å². The van der Waals surface area contributed by atoms with Crippen molar-refractivity contribution in [1.29, 1.82) is 5.26 Å². The predicted octanol–water partition coefficient (Wildman–Crippen LogP) is 2.27. The Morgan fingerprint density at radius 2 is 1.84 bits per heavy atom. The number of halogens is 2. The van der Waals surface area contributed by atoms with Crippen LogP contribution in [0, 0.1) is 16.7 Å². The molecule has 1 aliphatic heterocycles. The Morgan fingerprint density at radius 1 is 1.32 bits per heavy atom. The van der Waals surface area contributed by atoms with Crippen LogP contribution in [0.1, 0.15) is 12.8 Å². The molecule has 7 heteroatoms. The van der Waals surface area contributed by atoms with Gasteiger partial charge in [0.05, 0.1) is 26.4 Å². The average Bonchev–Trinajstić information content (AvgIpc) is 2.48. The summed E-state index contributed by atoms with van der Waals surface area (Å²) in [7, 11) is 1.30. The van der Waals surface area contributed by atoms with E-state index in [4.69, 9.17) is 14.7 Å². The first-order valence-electron chi connectivity index (χ1n) is 5.94. The highest BCUT2D eigenvalue weighted by molar-refractivity contribution is 9.09. The van der Waals surface area contributed by atoms with Gasteiger partial charge in [0.2, 0.25) is 0 Å². The molecule has 0 aromatic heterocycles. The molecular weight excluding hydrogens is 382 g/mol. The van der Waals surface area contributed by atoms with Crippen LogP contribution in [0.5, 0.6) is 0 Å². The molecule has 1 heterocycles. The van der Waals surface area contributed by atoms with Crippen LogP contribution in [0.4, 0.5) is 0 Å². The topological polar surface area (TPSA) is 68.5 Å². The van der Waals surface area contributed by atoms with Crippen molar-refractivity contribution in [2.45, 2.75) is 12.8 Å². The second-order valence-corrected chi connectivity index (χ2v) is 5.37. The molecule has 19 heavy (non-hydrogen) atoms. The summed E-state index contributed by atoms with van der Waals surface area (Å²) >= 11 is 6.48. The number of nitriles is 1. The third kappa shape index (κ3) is 7.25. The maximum absolute atomic E-state index is 11.2. The van der Waals surface area contributed by atoms with Crippen LogP contribution in [0.15, 0.2) is 0 Å². The van der Waals surface area contributed by atoms with Gasteiger partial charge in [-0.15, -0.1) is 0 Å². The van der Waals surface area contributed by atoms with Crippen molar-refractivity contribution in [3.05, 3.63) is 0 Å². The van der Waals surface area contributed by atoms with Gasteiger partial charge in [-0.1, -0.05) is 31.9 Å². The summed E-state index contributed by atoms with van der Waals surface area (Å²) in [5.41, 5.74) is -0.951. The highest BCUT2D eigenvalue weighted by Gasteiger charge is 2.41. The monoisotopic (exact) mass is 399 g/mol. The van der Waals surface area contributed by atoms with E-state index in [-0.39, 0.29) is 0 Å². The number of esters is 1. The maximum Gasteiger partial charge on any atom is 0.326 e. The van der Waals surface area contributed by atoms with Crippen molar-refractivity contribution in [2.75, 3.05) is 44.2 Å². The summed E-state index contributed by atoms with van der Waals surface area (Å²) in [5.74, 6) is -0.437. The number of hydrogen-bond acceptors (Lipinski definition) is 5. The van der Waals surface area contributed by atoms with Crippen molar-refractivity contribution >= 4 is 37.8 Å². The minimum absolute atomic E-state index is 0.437. The minimum atomic E-state index is -0.951. The molecule has 1 saturated heterocycles. The minimum Gasteiger partial charge on any atom is -0.468 e. The second-order valence-electron chi connectivity index (χ2n) is 3.79. The molecule has 0 aromatic carbocycles. The maximum atomic E-state index is 11.2. The van der Waals surface area contributed by atoms with E-state index in [1.807, 2.05) is 6.07 Å². The lowest BCUT2D eigenvalue weighted by Crippen LogP contribution is -2.36. The molecule has 0 radical (unpaired) electrons. The molecule has 0 unspecified atom stereocenters. The summed E-state index contributed by atoms with van der Waals surface area (Å²) in [5, 5.41) is 10.7. The van der Waals surface area contributed by atoms with Gasteiger partial charge in [0, 0.05) is 36.7 Å². The van der Waals surface area contributed by atoms with Crippen LogP contribution in [-0.4, -0.2) is 50.2 Å². The van der Waals surface area contributed by atoms with Crippen LogP contribution in [0.25, 0.3) is 0 Å². The number of rotatable bonds is 5. The van der Waals surface area contributed by atoms with Gasteiger partial charge in [0.15, 0.2) is 5.41 Å². The first-order valence-corrected chi connectivity index (χ1v) is 8.18. The number of carbonyl (C=O) groups is 1. The predicted molar refractivity (Wildman–Crippen MR) is 78.5 cm³/mol. The van der Waals surface area contributed by atoms with Crippen LogP contribution >= 0.6 is 31.9 Å². The third-order valence-electron chi connectivity index (χ3n) is 2.58. The van der Waals surface area contributed by atoms with Crippen molar-refractivity contribution in [3.63, 3.8) is 0 Å². The highest BCUT2D eigenvalue weighted by atomic mass is 79.9. The number of carbonyl (C=O) groups excluding carboxylic acids is 1. The lowest BCUT2D eigenvalue weighted by atomic mass is 9.82. The van der Waals surface area contributed by atoms with E-state index in [9.17, 15) is 4.79 Å². The number of hydrogen-bond donors (Lipinski definition) is 0. The first-order chi connectivity index (χ1) is 9.16.